The van der Waals surface area contributed by atoms with E-state index in [-0.39, 0.29) is 0 Å². The Morgan fingerprint density at radius 1 is 1.50 bits per heavy atom. The molecule has 0 N–H and O–H groups in total. The standard InChI is InChI=1S/C8H10B2/c1-8(9,10)7-5-3-2-4-6-7/h2-3,5H,4,6H2,1H3. The van der Waals surface area contributed by atoms with Crippen molar-refractivity contribution in [2.24, 2.45) is 0 Å². The normalized spacial score (nSPS) is 18.7. The third-order valence-corrected chi connectivity index (χ3v) is 1.71. The van der Waals surface area contributed by atoms with Crippen molar-refractivity contribution in [2.75, 3.05) is 0 Å². The minimum absolute atomic E-state index is 0.620. The van der Waals surface area contributed by atoms with Crippen molar-refractivity contribution in [1.29, 1.82) is 0 Å². The third-order valence-electron chi connectivity index (χ3n) is 1.71. The van der Waals surface area contributed by atoms with Crippen LogP contribution in [-0.4, -0.2) is 15.7 Å². The van der Waals surface area contributed by atoms with Crippen molar-refractivity contribution in [2.45, 2.75) is 25.0 Å². The van der Waals surface area contributed by atoms with E-state index in [9.17, 15) is 0 Å². The monoisotopic (exact) mass is 128 g/mol. The van der Waals surface area contributed by atoms with Crippen LogP contribution in [0.4, 0.5) is 0 Å². The van der Waals surface area contributed by atoms with Crippen LogP contribution in [0.3, 0.4) is 0 Å². The molecule has 0 heterocycles. The fourth-order valence-corrected chi connectivity index (χ4v) is 1.05. The number of hydrogen-bond acceptors (Lipinski definition) is 0. The molecule has 0 fully saturated rings. The van der Waals surface area contributed by atoms with E-state index in [4.69, 9.17) is 15.7 Å². The molecule has 0 aromatic rings. The first-order chi connectivity index (χ1) is 4.61. The summed E-state index contributed by atoms with van der Waals surface area (Å²) < 4.78 is 0. The Labute approximate surface area is 65.2 Å². The van der Waals surface area contributed by atoms with Gasteiger partial charge in [-0.1, -0.05) is 35.9 Å². The molecule has 0 aromatic heterocycles. The Balaban J connectivity index is 2.72. The SMILES string of the molecule is [B]C([B])(C)C1=CC=CCC1. The molecule has 4 radical (unpaired) electrons. The first-order valence-corrected chi connectivity index (χ1v) is 3.54. The number of hydrogen-bond donors (Lipinski definition) is 0. The van der Waals surface area contributed by atoms with Crippen LogP contribution < -0.4 is 0 Å². The van der Waals surface area contributed by atoms with E-state index in [0.29, 0.717) is 0 Å². The second kappa shape index (κ2) is 2.69. The molecule has 10 heavy (non-hydrogen) atoms. The van der Waals surface area contributed by atoms with Crippen LogP contribution in [0, 0.1) is 0 Å². The lowest BCUT2D eigenvalue weighted by Crippen LogP contribution is -2.12. The van der Waals surface area contributed by atoms with E-state index < -0.39 is 5.21 Å². The molecule has 48 valence electrons. The molecule has 0 spiro atoms. The van der Waals surface area contributed by atoms with Gasteiger partial charge < -0.3 is 0 Å². The summed E-state index contributed by atoms with van der Waals surface area (Å²) in [6.45, 7) is 1.83. The van der Waals surface area contributed by atoms with Crippen LogP contribution in [-0.2, 0) is 0 Å². The van der Waals surface area contributed by atoms with Gasteiger partial charge in [-0.15, -0.1) is 0 Å². The van der Waals surface area contributed by atoms with Crippen LogP contribution in [0.2, 0.25) is 5.21 Å². The Morgan fingerprint density at radius 2 is 2.20 bits per heavy atom. The van der Waals surface area contributed by atoms with Gasteiger partial charge in [0.2, 0.25) is 0 Å². The second-order valence-electron chi connectivity index (χ2n) is 2.94. The molecule has 0 aromatic carbocycles. The van der Waals surface area contributed by atoms with Gasteiger partial charge in [0.05, 0.1) is 15.7 Å². The Kier molecular flexibility index (Phi) is 2.08. The van der Waals surface area contributed by atoms with Gasteiger partial charge in [0.25, 0.3) is 0 Å². The van der Waals surface area contributed by atoms with E-state index in [1.54, 1.807) is 0 Å². The molecular formula is C8H10B2. The van der Waals surface area contributed by atoms with Crippen molar-refractivity contribution in [1.82, 2.24) is 0 Å². The highest BCUT2D eigenvalue weighted by molar-refractivity contribution is 6.41. The van der Waals surface area contributed by atoms with Gasteiger partial charge in [0.1, 0.15) is 0 Å². The van der Waals surface area contributed by atoms with Gasteiger partial charge in [-0.05, 0) is 12.8 Å². The molecule has 0 amide bonds. The Hall–Kier alpha value is -0.390. The highest BCUT2D eigenvalue weighted by Crippen LogP contribution is 2.31. The molecule has 0 aliphatic heterocycles. The van der Waals surface area contributed by atoms with Crippen molar-refractivity contribution in [3.63, 3.8) is 0 Å². The molecule has 0 atom stereocenters. The minimum Gasteiger partial charge on any atom is -0.0842 e. The van der Waals surface area contributed by atoms with Crippen molar-refractivity contribution < 1.29 is 0 Å². The molecule has 0 saturated heterocycles. The number of rotatable bonds is 1. The molecule has 0 bridgehead atoms. The van der Waals surface area contributed by atoms with Gasteiger partial charge in [-0.25, -0.2) is 0 Å². The van der Waals surface area contributed by atoms with Gasteiger partial charge >= 0.3 is 0 Å². The van der Waals surface area contributed by atoms with Gasteiger partial charge in [-0.2, -0.15) is 0 Å². The zero-order valence-corrected chi connectivity index (χ0v) is 6.30. The lowest BCUT2D eigenvalue weighted by molar-refractivity contribution is 0.850. The topological polar surface area (TPSA) is 0 Å². The highest BCUT2D eigenvalue weighted by atomic mass is 14.1. The van der Waals surface area contributed by atoms with Crippen molar-refractivity contribution >= 4 is 15.7 Å². The largest absolute Gasteiger partial charge is 0.0842 e. The summed E-state index contributed by atoms with van der Waals surface area (Å²) in [5.41, 5.74) is 1.13. The second-order valence-corrected chi connectivity index (χ2v) is 2.94. The maximum atomic E-state index is 5.69. The van der Waals surface area contributed by atoms with E-state index in [0.717, 1.165) is 18.4 Å². The fourth-order valence-electron chi connectivity index (χ4n) is 1.05. The predicted octanol–water partition coefficient (Wildman–Crippen LogP) is 1.74. The Morgan fingerprint density at radius 3 is 2.50 bits per heavy atom. The maximum Gasteiger partial charge on any atom is 0.0674 e. The fraction of sp³-hybridized carbons (Fsp3) is 0.500. The first kappa shape index (κ1) is 7.71. The van der Waals surface area contributed by atoms with Gasteiger partial charge in [0, 0.05) is 0 Å². The molecule has 2 heteroatoms. The summed E-state index contributed by atoms with van der Waals surface area (Å²) >= 11 is 0. The van der Waals surface area contributed by atoms with E-state index in [1.807, 2.05) is 19.1 Å². The minimum atomic E-state index is -0.620. The van der Waals surface area contributed by atoms with Gasteiger partial charge in [-0.3, -0.25) is 0 Å². The van der Waals surface area contributed by atoms with Crippen LogP contribution in [0.1, 0.15) is 19.8 Å². The molecular weight excluding hydrogens is 118 g/mol. The van der Waals surface area contributed by atoms with E-state index >= 15 is 0 Å². The average molecular weight is 128 g/mol. The summed E-state index contributed by atoms with van der Waals surface area (Å²) in [5.74, 6) is 0. The molecule has 1 aliphatic carbocycles. The third kappa shape index (κ3) is 1.79. The summed E-state index contributed by atoms with van der Waals surface area (Å²) in [6, 6.07) is 0. The van der Waals surface area contributed by atoms with Crippen LogP contribution >= 0.6 is 0 Å². The zero-order valence-electron chi connectivity index (χ0n) is 6.30. The average Bonchev–Trinajstić information content (AvgIpc) is 1.88. The number of allylic oxidation sites excluding steroid dienone is 4. The lowest BCUT2D eigenvalue weighted by Gasteiger charge is -2.24. The van der Waals surface area contributed by atoms with Crippen LogP contribution in [0.15, 0.2) is 23.8 Å². The highest BCUT2D eigenvalue weighted by Gasteiger charge is 2.15. The van der Waals surface area contributed by atoms with Gasteiger partial charge in [0.15, 0.2) is 0 Å². The molecule has 1 aliphatic rings. The van der Waals surface area contributed by atoms with Crippen molar-refractivity contribution in [3.05, 3.63) is 23.8 Å². The van der Waals surface area contributed by atoms with Crippen LogP contribution in [0.25, 0.3) is 0 Å². The Bertz CT molecular complexity index is 172. The first-order valence-electron chi connectivity index (χ1n) is 3.54. The predicted molar refractivity (Wildman–Crippen MR) is 46.3 cm³/mol. The van der Waals surface area contributed by atoms with Crippen LogP contribution in [0.5, 0.6) is 0 Å². The summed E-state index contributed by atoms with van der Waals surface area (Å²) in [7, 11) is 11.4. The smallest absolute Gasteiger partial charge is 0.0674 e. The molecule has 0 unspecified atom stereocenters. The summed E-state index contributed by atoms with van der Waals surface area (Å²) in [5, 5.41) is -0.620. The summed E-state index contributed by atoms with van der Waals surface area (Å²) in [6.07, 6.45) is 8.20. The summed E-state index contributed by atoms with van der Waals surface area (Å²) in [4.78, 5) is 0. The van der Waals surface area contributed by atoms with E-state index in [2.05, 4.69) is 6.08 Å². The quantitative estimate of drug-likeness (QED) is 0.471. The molecule has 0 nitrogen and oxygen atoms in total. The molecule has 0 saturated carbocycles. The van der Waals surface area contributed by atoms with Crippen molar-refractivity contribution in [3.8, 4) is 0 Å². The lowest BCUT2D eigenvalue weighted by atomic mass is 9.51. The maximum absolute atomic E-state index is 5.69. The molecule has 1 rings (SSSR count). The zero-order chi connectivity index (χ0) is 7.61. The van der Waals surface area contributed by atoms with E-state index in [1.165, 1.54) is 0 Å².